The zero-order chi connectivity index (χ0) is 19.4. The Morgan fingerprint density at radius 2 is 1.93 bits per heavy atom. The van der Waals surface area contributed by atoms with Gasteiger partial charge in [0.1, 0.15) is 11.6 Å². The minimum Gasteiger partial charge on any atom is -0.494 e. The van der Waals surface area contributed by atoms with Gasteiger partial charge in [-0.2, -0.15) is 4.98 Å². The Balaban J connectivity index is 1.70. The smallest absolute Gasteiger partial charge is 0.242 e. The Hall–Kier alpha value is -2.78. The summed E-state index contributed by atoms with van der Waals surface area (Å²) in [6, 6.07) is 10.6. The highest BCUT2D eigenvalue weighted by Crippen LogP contribution is 2.20. The zero-order valence-electron chi connectivity index (χ0n) is 14.8. The van der Waals surface area contributed by atoms with Crippen molar-refractivity contribution in [2.45, 2.75) is 25.3 Å². The summed E-state index contributed by atoms with van der Waals surface area (Å²) in [4.78, 5) is 4.18. The van der Waals surface area contributed by atoms with Gasteiger partial charge in [0.2, 0.25) is 21.7 Å². The van der Waals surface area contributed by atoms with Gasteiger partial charge in [-0.05, 0) is 61.9 Å². The lowest BCUT2D eigenvalue weighted by Crippen LogP contribution is -2.24. The lowest BCUT2D eigenvalue weighted by atomic mass is 10.2. The van der Waals surface area contributed by atoms with Crippen LogP contribution in [0.4, 0.5) is 4.39 Å². The number of aromatic nitrogens is 2. The number of aryl methyl sites for hydroxylation is 1. The number of rotatable bonds is 7. The molecule has 0 atom stereocenters. The number of benzene rings is 2. The van der Waals surface area contributed by atoms with Crippen LogP contribution in [-0.4, -0.2) is 25.2 Å². The molecule has 1 aromatic heterocycles. The van der Waals surface area contributed by atoms with E-state index in [0.717, 1.165) is 17.9 Å². The van der Waals surface area contributed by atoms with Gasteiger partial charge in [0, 0.05) is 5.56 Å². The van der Waals surface area contributed by atoms with Gasteiger partial charge >= 0.3 is 0 Å². The van der Waals surface area contributed by atoms with Crippen LogP contribution >= 0.6 is 0 Å². The summed E-state index contributed by atoms with van der Waals surface area (Å²) in [7, 11) is -3.83. The van der Waals surface area contributed by atoms with Gasteiger partial charge < -0.3 is 9.26 Å². The van der Waals surface area contributed by atoms with E-state index in [2.05, 4.69) is 14.9 Å². The summed E-state index contributed by atoms with van der Waals surface area (Å²) in [6.45, 7) is 3.81. The van der Waals surface area contributed by atoms with Crippen molar-refractivity contribution in [3.05, 3.63) is 59.7 Å². The average Bonchev–Trinajstić information content (AvgIpc) is 3.10. The van der Waals surface area contributed by atoms with E-state index in [9.17, 15) is 12.8 Å². The first-order valence-electron chi connectivity index (χ1n) is 8.20. The number of hydrogen-bond donors (Lipinski definition) is 1. The van der Waals surface area contributed by atoms with Gasteiger partial charge in [0.25, 0.3) is 0 Å². The fourth-order valence-corrected chi connectivity index (χ4v) is 3.66. The third-order valence-corrected chi connectivity index (χ3v) is 5.29. The van der Waals surface area contributed by atoms with Crippen LogP contribution < -0.4 is 9.46 Å². The van der Waals surface area contributed by atoms with Crippen LogP contribution in [0.5, 0.6) is 5.75 Å². The molecular weight excluding hydrogens is 373 g/mol. The molecule has 0 saturated heterocycles. The van der Waals surface area contributed by atoms with Crippen LogP contribution in [0.15, 0.2) is 51.9 Å². The fraction of sp³-hybridized carbons (Fsp3) is 0.222. The molecule has 2 aromatic carbocycles. The maximum Gasteiger partial charge on any atom is 0.242 e. The molecule has 0 spiro atoms. The predicted molar refractivity (Wildman–Crippen MR) is 96.1 cm³/mol. The molecule has 3 aromatic rings. The lowest BCUT2D eigenvalue weighted by molar-refractivity contribution is 0.340. The summed E-state index contributed by atoms with van der Waals surface area (Å²) in [5.74, 6) is 0.683. The predicted octanol–water partition coefficient (Wildman–Crippen LogP) is 3.06. The second-order valence-corrected chi connectivity index (χ2v) is 7.44. The number of ether oxygens (including phenoxy) is 1. The third kappa shape index (κ3) is 4.50. The molecule has 142 valence electrons. The summed E-state index contributed by atoms with van der Waals surface area (Å²) >= 11 is 0. The van der Waals surface area contributed by atoms with E-state index in [-0.39, 0.29) is 17.3 Å². The molecule has 0 aliphatic rings. The highest BCUT2D eigenvalue weighted by Gasteiger charge is 2.18. The molecule has 7 nitrogen and oxygen atoms in total. The summed E-state index contributed by atoms with van der Waals surface area (Å²) in [6.07, 6.45) is 0. The van der Waals surface area contributed by atoms with E-state index < -0.39 is 15.8 Å². The van der Waals surface area contributed by atoms with Crippen molar-refractivity contribution in [3.63, 3.8) is 0 Å². The van der Waals surface area contributed by atoms with Gasteiger partial charge in [-0.3, -0.25) is 0 Å². The maximum absolute atomic E-state index is 13.2. The molecule has 9 heteroatoms. The standard InChI is InChI=1S/C18H18FN3O4S/c1-3-25-15-7-4-13(5-8-15)18-21-17(26-22-18)11-20-27(23,24)16-9-6-14(19)10-12(16)2/h4-10,20H,3,11H2,1-2H3. The SMILES string of the molecule is CCOc1ccc(-c2noc(CNS(=O)(=O)c3ccc(F)cc3C)n2)cc1. The summed E-state index contributed by atoms with van der Waals surface area (Å²) in [5, 5.41) is 3.85. The minimum atomic E-state index is -3.83. The molecule has 1 heterocycles. The van der Waals surface area contributed by atoms with Crippen LogP contribution in [0.25, 0.3) is 11.4 Å². The molecule has 0 aliphatic heterocycles. The van der Waals surface area contributed by atoms with E-state index in [4.69, 9.17) is 9.26 Å². The van der Waals surface area contributed by atoms with Crippen LogP contribution in [0.1, 0.15) is 18.4 Å². The average molecular weight is 391 g/mol. The normalized spacial score (nSPS) is 11.5. The van der Waals surface area contributed by atoms with Gasteiger partial charge in [0.15, 0.2) is 0 Å². The van der Waals surface area contributed by atoms with E-state index in [1.54, 1.807) is 24.3 Å². The quantitative estimate of drug-likeness (QED) is 0.665. The van der Waals surface area contributed by atoms with Gasteiger partial charge in [-0.15, -0.1) is 0 Å². The van der Waals surface area contributed by atoms with Crippen molar-refractivity contribution in [2.24, 2.45) is 0 Å². The second kappa shape index (κ2) is 7.85. The van der Waals surface area contributed by atoms with Crippen molar-refractivity contribution < 1.29 is 22.1 Å². The first kappa shape index (κ1) is 19.0. The molecule has 0 fully saturated rings. The Bertz CT molecular complexity index is 1030. The van der Waals surface area contributed by atoms with Gasteiger partial charge in [0.05, 0.1) is 18.0 Å². The largest absolute Gasteiger partial charge is 0.494 e. The van der Waals surface area contributed by atoms with Crippen molar-refractivity contribution in [1.29, 1.82) is 0 Å². The number of sulfonamides is 1. The van der Waals surface area contributed by atoms with Crippen molar-refractivity contribution in [2.75, 3.05) is 6.61 Å². The van der Waals surface area contributed by atoms with E-state index in [1.807, 2.05) is 6.92 Å². The molecule has 0 aliphatic carbocycles. The highest BCUT2D eigenvalue weighted by molar-refractivity contribution is 7.89. The molecule has 0 amide bonds. The van der Waals surface area contributed by atoms with Crippen LogP contribution in [0, 0.1) is 12.7 Å². The molecule has 3 rings (SSSR count). The monoisotopic (exact) mass is 391 g/mol. The Morgan fingerprint density at radius 3 is 2.59 bits per heavy atom. The lowest BCUT2D eigenvalue weighted by Gasteiger charge is -2.07. The molecule has 0 saturated carbocycles. The third-order valence-electron chi connectivity index (χ3n) is 3.73. The maximum atomic E-state index is 13.2. The fourth-order valence-electron chi connectivity index (χ4n) is 2.46. The van der Waals surface area contributed by atoms with E-state index in [1.165, 1.54) is 13.0 Å². The first-order chi connectivity index (χ1) is 12.9. The molecule has 0 bridgehead atoms. The topological polar surface area (TPSA) is 94.3 Å². The number of nitrogens with one attached hydrogen (secondary N) is 1. The van der Waals surface area contributed by atoms with Crippen LogP contribution in [0.2, 0.25) is 0 Å². The molecular formula is C18H18FN3O4S. The van der Waals surface area contributed by atoms with E-state index in [0.29, 0.717) is 23.6 Å². The summed E-state index contributed by atoms with van der Waals surface area (Å²) in [5.41, 5.74) is 1.02. The van der Waals surface area contributed by atoms with Crippen LogP contribution in [-0.2, 0) is 16.6 Å². The van der Waals surface area contributed by atoms with Crippen molar-refractivity contribution in [1.82, 2.24) is 14.9 Å². The molecule has 27 heavy (non-hydrogen) atoms. The van der Waals surface area contributed by atoms with Crippen LogP contribution in [0.3, 0.4) is 0 Å². The molecule has 0 radical (unpaired) electrons. The van der Waals surface area contributed by atoms with Gasteiger partial charge in [-0.25, -0.2) is 17.5 Å². The Morgan fingerprint density at radius 1 is 1.19 bits per heavy atom. The number of halogens is 1. The van der Waals surface area contributed by atoms with Crippen molar-refractivity contribution >= 4 is 10.0 Å². The minimum absolute atomic E-state index is 0.00449. The molecule has 1 N–H and O–H groups in total. The number of nitrogens with zero attached hydrogens (tertiary/aromatic N) is 2. The highest BCUT2D eigenvalue weighted by atomic mass is 32.2. The molecule has 0 unspecified atom stereocenters. The Labute approximate surface area is 156 Å². The number of hydrogen-bond acceptors (Lipinski definition) is 6. The zero-order valence-corrected chi connectivity index (χ0v) is 15.6. The Kier molecular flexibility index (Phi) is 5.52. The van der Waals surface area contributed by atoms with Crippen molar-refractivity contribution in [3.8, 4) is 17.1 Å². The van der Waals surface area contributed by atoms with Gasteiger partial charge in [-0.1, -0.05) is 5.16 Å². The van der Waals surface area contributed by atoms with E-state index >= 15 is 0 Å². The summed E-state index contributed by atoms with van der Waals surface area (Å²) < 4.78 is 50.8. The first-order valence-corrected chi connectivity index (χ1v) is 9.69. The second-order valence-electron chi connectivity index (χ2n) is 5.70.